The number of piperidine rings is 1. The fourth-order valence-corrected chi connectivity index (χ4v) is 3.28. The second-order valence-electron chi connectivity index (χ2n) is 7.98. The van der Waals surface area contributed by atoms with Gasteiger partial charge in [-0.05, 0) is 76.6 Å². The van der Waals surface area contributed by atoms with E-state index in [1.165, 1.54) is 12.0 Å². The molecule has 1 amide bonds. The van der Waals surface area contributed by atoms with E-state index in [0.29, 0.717) is 5.92 Å². The Bertz CT molecular complexity index is 584. The Labute approximate surface area is 156 Å². The molecule has 0 radical (unpaired) electrons. The molecule has 4 nitrogen and oxygen atoms in total. The molecule has 0 saturated carbocycles. The van der Waals surface area contributed by atoms with Crippen molar-refractivity contribution in [2.24, 2.45) is 5.92 Å². The van der Waals surface area contributed by atoms with Crippen LogP contribution in [0.25, 0.3) is 0 Å². The van der Waals surface area contributed by atoms with Gasteiger partial charge in [0.2, 0.25) is 0 Å². The van der Waals surface area contributed by atoms with E-state index in [0.717, 1.165) is 49.6 Å². The number of benzene rings is 1. The zero-order valence-corrected chi connectivity index (χ0v) is 16.7. The molecule has 140 valence electrons. The van der Waals surface area contributed by atoms with Gasteiger partial charge < -0.3 is 15.0 Å². The third-order valence-electron chi connectivity index (χ3n) is 4.47. The predicted molar refractivity (Wildman–Crippen MR) is 103 cm³/mol. The molecule has 1 aromatic carbocycles. The first-order chi connectivity index (χ1) is 11.7. The van der Waals surface area contributed by atoms with Crippen LogP contribution in [0.15, 0.2) is 18.2 Å². The number of rotatable bonds is 5. The number of likely N-dealkylation sites (tertiary alicyclic amines) is 1. The quantitative estimate of drug-likeness (QED) is 0.763. The maximum atomic E-state index is 12.2. The number of aryl methyl sites for hydroxylation is 1. The fourth-order valence-electron chi connectivity index (χ4n) is 3.08. The lowest BCUT2D eigenvalue weighted by Gasteiger charge is -2.34. The molecule has 1 N–H and O–H groups in total. The van der Waals surface area contributed by atoms with Crippen molar-refractivity contribution in [3.05, 3.63) is 34.3 Å². The normalized spacial score (nSPS) is 18.3. The van der Waals surface area contributed by atoms with Gasteiger partial charge in [-0.3, -0.25) is 0 Å². The summed E-state index contributed by atoms with van der Waals surface area (Å²) in [7, 11) is 0. The average Bonchev–Trinajstić information content (AvgIpc) is 2.53. The maximum Gasteiger partial charge on any atom is 0.410 e. The first kappa shape index (κ1) is 20.1. The van der Waals surface area contributed by atoms with Crippen LogP contribution in [0.4, 0.5) is 4.79 Å². The van der Waals surface area contributed by atoms with Gasteiger partial charge in [0.05, 0.1) is 0 Å². The molecule has 1 aliphatic heterocycles. The van der Waals surface area contributed by atoms with Crippen LogP contribution in [0, 0.1) is 12.8 Å². The van der Waals surface area contributed by atoms with Gasteiger partial charge in [-0.15, -0.1) is 0 Å². The summed E-state index contributed by atoms with van der Waals surface area (Å²) in [6, 6.07) is 6.19. The van der Waals surface area contributed by atoms with E-state index in [1.54, 1.807) is 0 Å². The largest absolute Gasteiger partial charge is 0.444 e. The lowest BCUT2D eigenvalue weighted by molar-refractivity contribution is 0.0162. The van der Waals surface area contributed by atoms with Crippen molar-refractivity contribution in [3.8, 4) is 0 Å². The third kappa shape index (κ3) is 6.87. The van der Waals surface area contributed by atoms with Gasteiger partial charge >= 0.3 is 6.09 Å². The second kappa shape index (κ2) is 8.91. The Morgan fingerprint density at radius 3 is 2.84 bits per heavy atom. The number of hydrogen-bond acceptors (Lipinski definition) is 3. The second-order valence-corrected chi connectivity index (χ2v) is 8.39. The maximum absolute atomic E-state index is 12.2. The molecule has 0 aromatic heterocycles. The average molecular weight is 367 g/mol. The van der Waals surface area contributed by atoms with Crippen LogP contribution in [0.2, 0.25) is 5.02 Å². The molecule has 1 saturated heterocycles. The van der Waals surface area contributed by atoms with E-state index in [2.05, 4.69) is 17.4 Å². The number of halogens is 1. The molecule has 0 aliphatic carbocycles. The van der Waals surface area contributed by atoms with Gasteiger partial charge in [0.1, 0.15) is 5.60 Å². The summed E-state index contributed by atoms with van der Waals surface area (Å²) in [5.41, 5.74) is 1.88. The SMILES string of the molecule is Cc1ccc(CNCCC2CCCN(C(=O)OC(C)(C)C)C2)cc1Cl. The number of carbonyl (C=O) groups excluding carboxylic acids is 1. The summed E-state index contributed by atoms with van der Waals surface area (Å²) in [6.07, 6.45) is 3.12. The third-order valence-corrected chi connectivity index (χ3v) is 4.87. The predicted octanol–water partition coefficient (Wildman–Crippen LogP) is 4.78. The summed E-state index contributed by atoms with van der Waals surface area (Å²) in [5.74, 6) is 0.537. The van der Waals surface area contributed by atoms with Crippen molar-refractivity contribution in [2.75, 3.05) is 19.6 Å². The van der Waals surface area contributed by atoms with E-state index in [1.807, 2.05) is 38.7 Å². The first-order valence-corrected chi connectivity index (χ1v) is 9.56. The van der Waals surface area contributed by atoms with Crippen LogP contribution < -0.4 is 5.32 Å². The van der Waals surface area contributed by atoms with Gasteiger partial charge in [-0.25, -0.2) is 4.79 Å². The van der Waals surface area contributed by atoms with Crippen molar-refractivity contribution in [1.29, 1.82) is 0 Å². The van der Waals surface area contributed by atoms with Crippen molar-refractivity contribution >= 4 is 17.7 Å². The molecule has 1 heterocycles. The monoisotopic (exact) mass is 366 g/mol. The molecular weight excluding hydrogens is 336 g/mol. The lowest BCUT2D eigenvalue weighted by atomic mass is 9.95. The number of amides is 1. The Hall–Kier alpha value is -1.26. The Morgan fingerprint density at radius 2 is 2.16 bits per heavy atom. The van der Waals surface area contributed by atoms with E-state index in [9.17, 15) is 4.79 Å². The Kier molecular flexibility index (Phi) is 7.14. The molecule has 1 atom stereocenters. The number of hydrogen-bond donors (Lipinski definition) is 1. The molecule has 1 unspecified atom stereocenters. The smallest absolute Gasteiger partial charge is 0.410 e. The minimum Gasteiger partial charge on any atom is -0.444 e. The number of carbonyl (C=O) groups is 1. The topological polar surface area (TPSA) is 41.6 Å². The molecule has 2 rings (SSSR count). The molecule has 5 heteroatoms. The standard InChI is InChI=1S/C20H31ClN2O2/c1-15-7-8-17(12-18(15)21)13-22-10-9-16-6-5-11-23(14-16)19(24)25-20(2,3)4/h7-8,12,16,22H,5-6,9-11,13-14H2,1-4H3. The van der Waals surface area contributed by atoms with Gasteiger partial charge in [0.25, 0.3) is 0 Å². The van der Waals surface area contributed by atoms with Crippen LogP contribution in [0.5, 0.6) is 0 Å². The highest BCUT2D eigenvalue weighted by atomic mass is 35.5. The number of ether oxygens (including phenoxy) is 1. The minimum atomic E-state index is -0.430. The highest BCUT2D eigenvalue weighted by Crippen LogP contribution is 2.21. The zero-order chi connectivity index (χ0) is 18.4. The van der Waals surface area contributed by atoms with Gasteiger partial charge in [-0.1, -0.05) is 23.7 Å². The van der Waals surface area contributed by atoms with Crippen LogP contribution in [-0.2, 0) is 11.3 Å². The zero-order valence-electron chi connectivity index (χ0n) is 15.9. The molecule has 0 spiro atoms. The van der Waals surface area contributed by atoms with Crippen molar-refractivity contribution < 1.29 is 9.53 Å². The molecule has 1 fully saturated rings. The molecule has 0 bridgehead atoms. The Balaban J connectivity index is 1.71. The van der Waals surface area contributed by atoms with Crippen LogP contribution >= 0.6 is 11.6 Å². The summed E-state index contributed by atoms with van der Waals surface area (Å²) in [6.45, 7) is 11.1. The molecule has 1 aromatic rings. The van der Waals surface area contributed by atoms with Crippen molar-refractivity contribution in [1.82, 2.24) is 10.2 Å². The van der Waals surface area contributed by atoms with Crippen LogP contribution in [0.3, 0.4) is 0 Å². The number of nitrogens with zero attached hydrogens (tertiary/aromatic N) is 1. The highest BCUT2D eigenvalue weighted by molar-refractivity contribution is 6.31. The molecular formula is C20H31ClN2O2. The lowest BCUT2D eigenvalue weighted by Crippen LogP contribution is -2.43. The van der Waals surface area contributed by atoms with E-state index < -0.39 is 5.60 Å². The summed E-state index contributed by atoms with van der Waals surface area (Å²) < 4.78 is 5.49. The van der Waals surface area contributed by atoms with E-state index in [-0.39, 0.29) is 6.09 Å². The van der Waals surface area contributed by atoms with Gasteiger partial charge in [0, 0.05) is 24.7 Å². The van der Waals surface area contributed by atoms with Crippen molar-refractivity contribution in [2.45, 2.75) is 59.1 Å². The van der Waals surface area contributed by atoms with Crippen LogP contribution in [0.1, 0.15) is 51.2 Å². The molecule has 25 heavy (non-hydrogen) atoms. The highest BCUT2D eigenvalue weighted by Gasteiger charge is 2.27. The summed E-state index contributed by atoms with van der Waals surface area (Å²) in [4.78, 5) is 14.1. The molecule has 1 aliphatic rings. The van der Waals surface area contributed by atoms with Crippen molar-refractivity contribution in [3.63, 3.8) is 0 Å². The number of nitrogens with one attached hydrogen (secondary N) is 1. The first-order valence-electron chi connectivity index (χ1n) is 9.18. The van der Waals surface area contributed by atoms with Crippen LogP contribution in [-0.4, -0.2) is 36.2 Å². The minimum absolute atomic E-state index is 0.181. The Morgan fingerprint density at radius 1 is 1.40 bits per heavy atom. The van der Waals surface area contributed by atoms with Gasteiger partial charge in [-0.2, -0.15) is 0 Å². The van der Waals surface area contributed by atoms with E-state index in [4.69, 9.17) is 16.3 Å². The summed E-state index contributed by atoms with van der Waals surface area (Å²) in [5, 5.41) is 4.30. The fraction of sp³-hybridized carbons (Fsp3) is 0.650. The van der Waals surface area contributed by atoms with Gasteiger partial charge in [0.15, 0.2) is 0 Å². The summed E-state index contributed by atoms with van der Waals surface area (Å²) >= 11 is 6.16. The van der Waals surface area contributed by atoms with E-state index >= 15 is 0 Å².